The van der Waals surface area contributed by atoms with Crippen molar-refractivity contribution >= 4 is 34.6 Å². The lowest BCUT2D eigenvalue weighted by Gasteiger charge is -2.27. The van der Waals surface area contributed by atoms with Gasteiger partial charge in [0.1, 0.15) is 18.1 Å². The molecule has 1 aromatic heterocycles. The summed E-state index contributed by atoms with van der Waals surface area (Å²) in [4.78, 5) is 54.5. The van der Waals surface area contributed by atoms with Gasteiger partial charge in [0.05, 0.1) is 6.04 Å². The van der Waals surface area contributed by atoms with E-state index in [1.54, 1.807) is 20.0 Å². The summed E-state index contributed by atoms with van der Waals surface area (Å²) in [6.45, 7) is 11.1. The summed E-state index contributed by atoms with van der Waals surface area (Å²) in [7, 11) is 0. The third-order valence-corrected chi connectivity index (χ3v) is 6.86. The van der Waals surface area contributed by atoms with Crippen molar-refractivity contribution in [3.8, 4) is 0 Å². The zero-order chi connectivity index (χ0) is 28.6. The number of hydrogen-bond donors (Lipinski definition) is 6. The summed E-state index contributed by atoms with van der Waals surface area (Å²) in [6.07, 6.45) is 2.95. The average molecular weight is 530 g/mol. The van der Waals surface area contributed by atoms with Crippen molar-refractivity contribution in [1.82, 2.24) is 20.9 Å². The first kappa shape index (κ1) is 30.8. The molecule has 2 rings (SSSR count). The summed E-state index contributed by atoms with van der Waals surface area (Å²) in [6, 6.07) is 3.71. The largest absolute Gasteiger partial charge is 0.480 e. The van der Waals surface area contributed by atoms with Gasteiger partial charge >= 0.3 is 5.97 Å². The van der Waals surface area contributed by atoms with Gasteiger partial charge in [-0.25, -0.2) is 4.79 Å². The third kappa shape index (κ3) is 8.31. The predicted molar refractivity (Wildman–Crippen MR) is 147 cm³/mol. The number of aliphatic carboxylic acids is 1. The molecule has 5 atom stereocenters. The van der Waals surface area contributed by atoms with Crippen molar-refractivity contribution in [2.75, 3.05) is 0 Å². The Morgan fingerprint density at radius 1 is 0.921 bits per heavy atom. The molecule has 10 heteroatoms. The number of hydrogen-bond acceptors (Lipinski definition) is 5. The fourth-order valence-electron chi connectivity index (χ4n) is 4.25. The Kier molecular flexibility index (Phi) is 11.3. The van der Waals surface area contributed by atoms with Crippen LogP contribution in [0.3, 0.4) is 0 Å². The Balaban J connectivity index is 2.33. The van der Waals surface area contributed by atoms with Gasteiger partial charge in [0, 0.05) is 23.5 Å². The number of aromatic nitrogens is 1. The molecule has 0 aliphatic rings. The monoisotopic (exact) mass is 529 g/mol. The number of carbonyl (C=O) groups is 4. The molecule has 0 bridgehead atoms. The number of amides is 3. The topological polar surface area (TPSA) is 166 Å². The highest BCUT2D eigenvalue weighted by Gasteiger charge is 2.32. The number of nitrogens with one attached hydrogen (secondary N) is 4. The Labute approximate surface area is 224 Å². The second-order valence-corrected chi connectivity index (χ2v) is 10.8. The van der Waals surface area contributed by atoms with E-state index >= 15 is 0 Å². The molecule has 0 aliphatic carbocycles. The molecule has 1 aromatic carbocycles. The summed E-state index contributed by atoms with van der Waals surface area (Å²) in [5.74, 6) is -3.09. The van der Waals surface area contributed by atoms with Gasteiger partial charge in [-0.05, 0) is 35.8 Å². The molecule has 10 nitrogen and oxygen atoms in total. The first-order valence-electron chi connectivity index (χ1n) is 13.3. The fourth-order valence-corrected chi connectivity index (χ4v) is 4.25. The van der Waals surface area contributed by atoms with Crippen LogP contribution in [-0.2, 0) is 25.6 Å². The number of H-pyrrole nitrogens is 1. The van der Waals surface area contributed by atoms with E-state index in [0.717, 1.165) is 16.5 Å². The maximum absolute atomic E-state index is 13.5. The number of carboxylic acids is 1. The Bertz CT molecular complexity index is 1110. The lowest BCUT2D eigenvalue weighted by Crippen LogP contribution is -2.58. The van der Waals surface area contributed by atoms with E-state index in [4.69, 9.17) is 5.73 Å². The van der Waals surface area contributed by atoms with Gasteiger partial charge in [0.2, 0.25) is 17.7 Å². The van der Waals surface area contributed by atoms with E-state index in [0.29, 0.717) is 12.8 Å². The van der Waals surface area contributed by atoms with Gasteiger partial charge in [-0.3, -0.25) is 14.4 Å². The minimum absolute atomic E-state index is 0.0675. The van der Waals surface area contributed by atoms with E-state index in [1.165, 1.54) is 0 Å². The van der Waals surface area contributed by atoms with E-state index in [2.05, 4.69) is 20.9 Å². The zero-order valence-corrected chi connectivity index (χ0v) is 23.2. The quantitative estimate of drug-likeness (QED) is 0.220. The highest BCUT2D eigenvalue weighted by Crippen LogP contribution is 2.20. The van der Waals surface area contributed by atoms with Crippen LogP contribution in [0.1, 0.15) is 59.9 Å². The standard InChI is InChI=1S/C28H43N5O5/c1-7-17(6)23(29)27(36)32-21(12-15(2)3)25(34)31-22(26(35)33-24(16(4)5)28(37)38)13-18-14-30-20-11-9-8-10-19(18)20/h8-11,14-17,21-24,30H,7,12-13,29H2,1-6H3,(H,31,34)(H,32,36)(H,33,35)(H,37,38). The number of aromatic amines is 1. The Morgan fingerprint density at radius 2 is 1.53 bits per heavy atom. The zero-order valence-electron chi connectivity index (χ0n) is 23.2. The summed E-state index contributed by atoms with van der Waals surface area (Å²) < 4.78 is 0. The van der Waals surface area contributed by atoms with Crippen LogP contribution in [0, 0.1) is 17.8 Å². The molecule has 0 aliphatic heterocycles. The second kappa shape index (κ2) is 13.9. The molecule has 0 saturated heterocycles. The van der Waals surface area contributed by atoms with Gasteiger partial charge in [-0.2, -0.15) is 0 Å². The minimum Gasteiger partial charge on any atom is -0.480 e. The summed E-state index contributed by atoms with van der Waals surface area (Å²) >= 11 is 0. The fraction of sp³-hybridized carbons (Fsp3) is 0.571. The second-order valence-electron chi connectivity index (χ2n) is 10.8. The SMILES string of the molecule is CCC(C)C(N)C(=O)NC(CC(C)C)C(=O)NC(Cc1c[nH]c2ccccc12)C(=O)NC(C(=O)O)C(C)C. The van der Waals surface area contributed by atoms with Gasteiger partial charge in [-0.15, -0.1) is 0 Å². The minimum atomic E-state index is -1.16. The maximum atomic E-state index is 13.5. The predicted octanol–water partition coefficient (Wildman–Crippen LogP) is 2.32. The molecular formula is C28H43N5O5. The van der Waals surface area contributed by atoms with Crippen LogP contribution < -0.4 is 21.7 Å². The summed E-state index contributed by atoms with van der Waals surface area (Å²) in [5, 5.41) is 18.6. The number of carboxylic acid groups (broad SMARTS) is 1. The van der Waals surface area contributed by atoms with Crippen molar-refractivity contribution < 1.29 is 24.3 Å². The van der Waals surface area contributed by atoms with Crippen LogP contribution in [0.15, 0.2) is 30.5 Å². The molecule has 5 unspecified atom stereocenters. The van der Waals surface area contributed by atoms with E-state index in [-0.39, 0.29) is 24.2 Å². The number of rotatable bonds is 14. The van der Waals surface area contributed by atoms with Gasteiger partial charge in [0.15, 0.2) is 0 Å². The number of para-hydroxylation sites is 1. The van der Waals surface area contributed by atoms with Gasteiger partial charge < -0.3 is 31.8 Å². The molecule has 2 aromatic rings. The molecule has 210 valence electrons. The molecule has 0 radical (unpaired) electrons. The molecule has 0 saturated carbocycles. The third-order valence-electron chi connectivity index (χ3n) is 6.86. The van der Waals surface area contributed by atoms with Crippen LogP contribution in [0.2, 0.25) is 0 Å². The molecule has 38 heavy (non-hydrogen) atoms. The van der Waals surface area contributed by atoms with Crippen molar-refractivity contribution in [3.63, 3.8) is 0 Å². The molecular weight excluding hydrogens is 486 g/mol. The van der Waals surface area contributed by atoms with Crippen LogP contribution in [0.4, 0.5) is 0 Å². The normalized spacial score (nSPS) is 15.5. The van der Waals surface area contributed by atoms with Crippen molar-refractivity contribution in [1.29, 1.82) is 0 Å². The lowest BCUT2D eigenvalue weighted by atomic mass is 9.97. The van der Waals surface area contributed by atoms with Crippen LogP contribution in [-0.4, -0.2) is 57.9 Å². The van der Waals surface area contributed by atoms with Crippen molar-refractivity contribution in [2.45, 2.75) is 85.0 Å². The highest BCUT2D eigenvalue weighted by molar-refractivity contribution is 5.95. The number of carbonyl (C=O) groups excluding carboxylic acids is 3. The first-order chi connectivity index (χ1) is 17.8. The first-order valence-corrected chi connectivity index (χ1v) is 13.3. The lowest BCUT2D eigenvalue weighted by molar-refractivity contribution is -0.143. The average Bonchev–Trinajstić information content (AvgIpc) is 3.27. The van der Waals surface area contributed by atoms with E-state index in [9.17, 15) is 24.3 Å². The molecule has 3 amide bonds. The number of fused-ring (bicyclic) bond motifs is 1. The van der Waals surface area contributed by atoms with Crippen LogP contribution in [0.25, 0.3) is 10.9 Å². The molecule has 1 heterocycles. The van der Waals surface area contributed by atoms with Gasteiger partial charge in [-0.1, -0.05) is 66.2 Å². The maximum Gasteiger partial charge on any atom is 0.326 e. The van der Waals surface area contributed by atoms with E-state index < -0.39 is 47.9 Å². The Hall–Kier alpha value is -3.40. The van der Waals surface area contributed by atoms with Crippen LogP contribution >= 0.6 is 0 Å². The number of nitrogens with two attached hydrogens (primary N) is 1. The highest BCUT2D eigenvalue weighted by atomic mass is 16.4. The van der Waals surface area contributed by atoms with Crippen molar-refractivity contribution in [2.24, 2.45) is 23.5 Å². The van der Waals surface area contributed by atoms with E-state index in [1.807, 2.05) is 52.0 Å². The Morgan fingerprint density at radius 3 is 2.11 bits per heavy atom. The van der Waals surface area contributed by atoms with Gasteiger partial charge in [0.25, 0.3) is 0 Å². The smallest absolute Gasteiger partial charge is 0.326 e. The van der Waals surface area contributed by atoms with Crippen molar-refractivity contribution in [3.05, 3.63) is 36.0 Å². The summed E-state index contributed by atoms with van der Waals surface area (Å²) in [5.41, 5.74) is 7.76. The molecule has 0 spiro atoms. The van der Waals surface area contributed by atoms with Crippen LogP contribution in [0.5, 0.6) is 0 Å². The number of benzene rings is 1. The molecule has 7 N–H and O–H groups in total. The molecule has 0 fully saturated rings.